The smallest absolute Gasteiger partial charge is 0.233 e. The molecule has 0 heterocycles. The minimum absolute atomic E-state index is 0.179. The first-order valence-electron chi connectivity index (χ1n) is 5.40. The van der Waals surface area contributed by atoms with E-state index in [9.17, 15) is 12.8 Å². The predicted molar refractivity (Wildman–Crippen MR) is 70.1 cm³/mol. The summed E-state index contributed by atoms with van der Waals surface area (Å²) in [6.45, 7) is 5.40. The van der Waals surface area contributed by atoms with Crippen molar-refractivity contribution in [3.8, 4) is 5.75 Å². The molecule has 0 aliphatic heterocycles. The second kappa shape index (κ2) is 5.45. The molecule has 0 atom stereocenters. The van der Waals surface area contributed by atoms with Crippen molar-refractivity contribution < 1.29 is 17.5 Å². The van der Waals surface area contributed by atoms with Gasteiger partial charge < -0.3 is 4.74 Å². The molecule has 102 valence electrons. The van der Waals surface area contributed by atoms with Gasteiger partial charge in [-0.05, 0) is 30.7 Å². The summed E-state index contributed by atoms with van der Waals surface area (Å²) in [4.78, 5) is 0. The summed E-state index contributed by atoms with van der Waals surface area (Å²) in [5, 5.41) is 0. The summed E-state index contributed by atoms with van der Waals surface area (Å²) < 4.78 is 40.5. The molecule has 0 fully saturated rings. The van der Waals surface area contributed by atoms with Crippen molar-refractivity contribution in [2.75, 3.05) is 12.4 Å². The van der Waals surface area contributed by atoms with E-state index in [2.05, 4.69) is 0 Å². The molecule has 0 saturated carbocycles. The fourth-order valence-corrected chi connectivity index (χ4v) is 3.46. The molecule has 18 heavy (non-hydrogen) atoms. The number of hydrogen-bond acceptors (Lipinski definition) is 3. The van der Waals surface area contributed by atoms with Gasteiger partial charge in [-0.3, -0.25) is 0 Å². The maximum Gasteiger partial charge on any atom is 0.233 e. The molecule has 1 aromatic rings. The normalized spacial score (nSPS) is 12.5. The Kier molecular flexibility index (Phi) is 4.61. The van der Waals surface area contributed by atoms with E-state index in [-0.39, 0.29) is 18.2 Å². The van der Waals surface area contributed by atoms with Crippen LogP contribution in [0, 0.1) is 18.2 Å². The van der Waals surface area contributed by atoms with Crippen molar-refractivity contribution in [1.82, 2.24) is 0 Å². The number of benzene rings is 1. The third-order valence-corrected chi connectivity index (χ3v) is 3.77. The highest BCUT2D eigenvalue weighted by Gasteiger charge is 2.26. The van der Waals surface area contributed by atoms with Gasteiger partial charge in [-0.15, -0.1) is 0 Å². The SMILES string of the molecule is Cc1cc(F)ccc1OCC(C)(C)CS(=O)(=O)Cl. The van der Waals surface area contributed by atoms with E-state index in [0.717, 1.165) is 0 Å². The topological polar surface area (TPSA) is 43.4 Å². The van der Waals surface area contributed by atoms with Crippen LogP contribution in [-0.2, 0) is 9.05 Å². The summed E-state index contributed by atoms with van der Waals surface area (Å²) in [6, 6.07) is 4.18. The van der Waals surface area contributed by atoms with Gasteiger partial charge in [0.05, 0.1) is 12.4 Å². The molecule has 0 aromatic heterocycles. The first-order chi connectivity index (χ1) is 8.09. The van der Waals surface area contributed by atoms with Gasteiger partial charge in [0.1, 0.15) is 11.6 Å². The molecule has 1 rings (SSSR count). The van der Waals surface area contributed by atoms with Gasteiger partial charge in [0.15, 0.2) is 0 Å². The summed E-state index contributed by atoms with van der Waals surface area (Å²) in [7, 11) is 1.65. The molecule has 0 bridgehead atoms. The van der Waals surface area contributed by atoms with E-state index >= 15 is 0 Å². The van der Waals surface area contributed by atoms with Gasteiger partial charge >= 0.3 is 0 Å². The van der Waals surface area contributed by atoms with E-state index in [4.69, 9.17) is 15.4 Å². The van der Waals surface area contributed by atoms with Crippen LogP contribution in [0.4, 0.5) is 4.39 Å². The number of hydrogen-bond donors (Lipinski definition) is 0. The highest BCUT2D eigenvalue weighted by Crippen LogP contribution is 2.24. The lowest BCUT2D eigenvalue weighted by Crippen LogP contribution is -2.28. The van der Waals surface area contributed by atoms with Crippen LogP contribution < -0.4 is 4.74 Å². The number of aryl methyl sites for hydroxylation is 1. The second-order valence-electron chi connectivity index (χ2n) is 5.05. The molecule has 6 heteroatoms. The van der Waals surface area contributed by atoms with Crippen LogP contribution in [0.5, 0.6) is 5.75 Å². The van der Waals surface area contributed by atoms with Gasteiger partial charge in [0, 0.05) is 16.1 Å². The molecular formula is C12H16ClFO3S. The molecule has 0 N–H and O–H groups in total. The molecule has 0 amide bonds. The zero-order valence-corrected chi connectivity index (χ0v) is 12.1. The molecular weight excluding hydrogens is 279 g/mol. The molecule has 0 saturated heterocycles. The lowest BCUT2D eigenvalue weighted by atomic mass is 9.98. The fraction of sp³-hybridized carbons (Fsp3) is 0.500. The number of rotatable bonds is 5. The molecule has 0 radical (unpaired) electrons. The number of ether oxygens (including phenoxy) is 1. The maximum absolute atomic E-state index is 12.9. The Morgan fingerprint density at radius 3 is 2.50 bits per heavy atom. The highest BCUT2D eigenvalue weighted by atomic mass is 35.7. The molecule has 0 spiro atoms. The van der Waals surface area contributed by atoms with Crippen LogP contribution in [0.25, 0.3) is 0 Å². The van der Waals surface area contributed by atoms with E-state index in [0.29, 0.717) is 11.3 Å². The van der Waals surface area contributed by atoms with Gasteiger partial charge in [0.25, 0.3) is 0 Å². The van der Waals surface area contributed by atoms with Gasteiger partial charge in [-0.1, -0.05) is 13.8 Å². The van der Waals surface area contributed by atoms with Crippen molar-refractivity contribution >= 4 is 19.7 Å². The van der Waals surface area contributed by atoms with E-state index in [1.54, 1.807) is 20.8 Å². The molecule has 0 aliphatic rings. The lowest BCUT2D eigenvalue weighted by Gasteiger charge is -2.23. The van der Waals surface area contributed by atoms with Crippen molar-refractivity contribution in [1.29, 1.82) is 0 Å². The fourth-order valence-electron chi connectivity index (χ4n) is 1.56. The Bertz CT molecular complexity index is 526. The zero-order chi connectivity index (χ0) is 14.0. The minimum Gasteiger partial charge on any atom is -0.493 e. The van der Waals surface area contributed by atoms with Crippen LogP contribution in [0.3, 0.4) is 0 Å². The van der Waals surface area contributed by atoms with Gasteiger partial charge in [-0.25, -0.2) is 12.8 Å². The largest absolute Gasteiger partial charge is 0.493 e. The van der Waals surface area contributed by atoms with E-state index < -0.39 is 14.5 Å². The Morgan fingerprint density at radius 1 is 1.39 bits per heavy atom. The maximum atomic E-state index is 12.9. The standard InChI is InChI=1S/C12H16ClFO3S/c1-9-6-10(14)4-5-11(9)17-7-12(2,3)8-18(13,15)16/h4-6H,7-8H2,1-3H3. The first kappa shape index (κ1) is 15.2. The third-order valence-electron chi connectivity index (χ3n) is 2.32. The summed E-state index contributed by atoms with van der Waals surface area (Å²) in [5.74, 6) is 0.0285. The third kappa shape index (κ3) is 5.23. The molecule has 0 aliphatic carbocycles. The monoisotopic (exact) mass is 294 g/mol. The average Bonchev–Trinajstić information content (AvgIpc) is 2.12. The van der Waals surface area contributed by atoms with Crippen molar-refractivity contribution in [3.63, 3.8) is 0 Å². The average molecular weight is 295 g/mol. The lowest BCUT2D eigenvalue weighted by molar-refractivity contribution is 0.199. The molecule has 0 unspecified atom stereocenters. The van der Waals surface area contributed by atoms with Crippen LogP contribution in [0.15, 0.2) is 18.2 Å². The zero-order valence-electron chi connectivity index (χ0n) is 10.5. The predicted octanol–water partition coefficient (Wildman–Crippen LogP) is 3.11. The Balaban J connectivity index is 2.70. The quantitative estimate of drug-likeness (QED) is 0.784. The van der Waals surface area contributed by atoms with E-state index in [1.165, 1.54) is 18.2 Å². The number of halogens is 2. The van der Waals surface area contributed by atoms with Crippen molar-refractivity contribution in [2.45, 2.75) is 20.8 Å². The van der Waals surface area contributed by atoms with Gasteiger partial charge in [-0.2, -0.15) is 0 Å². The van der Waals surface area contributed by atoms with Crippen LogP contribution >= 0.6 is 10.7 Å². The van der Waals surface area contributed by atoms with Crippen LogP contribution in [-0.4, -0.2) is 20.8 Å². The molecule has 1 aromatic carbocycles. The highest BCUT2D eigenvalue weighted by molar-refractivity contribution is 8.13. The Hall–Kier alpha value is -0.810. The summed E-state index contributed by atoms with van der Waals surface area (Å²) in [6.07, 6.45) is 0. The van der Waals surface area contributed by atoms with Crippen molar-refractivity contribution in [2.24, 2.45) is 5.41 Å². The van der Waals surface area contributed by atoms with Crippen LogP contribution in [0.1, 0.15) is 19.4 Å². The second-order valence-corrected chi connectivity index (χ2v) is 7.82. The molecule has 3 nitrogen and oxygen atoms in total. The van der Waals surface area contributed by atoms with Crippen LogP contribution in [0.2, 0.25) is 0 Å². The minimum atomic E-state index is -3.57. The van der Waals surface area contributed by atoms with Crippen molar-refractivity contribution in [3.05, 3.63) is 29.6 Å². The first-order valence-corrected chi connectivity index (χ1v) is 7.88. The summed E-state index contributed by atoms with van der Waals surface area (Å²) >= 11 is 0. The van der Waals surface area contributed by atoms with E-state index in [1.807, 2.05) is 0 Å². The Morgan fingerprint density at radius 2 is 2.00 bits per heavy atom. The van der Waals surface area contributed by atoms with Gasteiger partial charge in [0.2, 0.25) is 9.05 Å². The summed E-state index contributed by atoms with van der Waals surface area (Å²) in [5.41, 5.74) is 0.0565. The Labute approximate surface area is 111 Å².